The molecule has 0 fully saturated rings. The number of aryl methyl sites for hydroxylation is 2. The number of nitrogens with zero attached hydrogens (tertiary/aromatic N) is 1. The number of hydrogen-bond acceptors (Lipinski definition) is 5. The van der Waals surface area contributed by atoms with Crippen LogP contribution in [0.2, 0.25) is 10.0 Å². The van der Waals surface area contributed by atoms with Crippen LogP contribution in [0.3, 0.4) is 0 Å². The Morgan fingerprint density at radius 3 is 2.07 bits per heavy atom. The molecule has 2 N–H and O–H groups in total. The van der Waals surface area contributed by atoms with E-state index in [1.165, 1.54) is 21.2 Å². The van der Waals surface area contributed by atoms with Gasteiger partial charge in [0.25, 0.3) is 5.91 Å². The van der Waals surface area contributed by atoms with Crippen LogP contribution < -0.4 is 0 Å². The highest BCUT2D eigenvalue weighted by Crippen LogP contribution is 2.23. The number of fused-ring (bicyclic) bond motifs is 1. The standard InChI is InChI=1S/C33H39Cl2NO7/c1-36(18-8-2-4-10-23-14-16-25-12-6-7-13-26(25)20-23)32(39)30(31(33(40)41)43-22-29(37)38)42-19-9-3-5-11-24-15-17-27(34)28(35)21-24/h6-7,12-17,20-21,30-31H,2-5,8-11,18-19,22H2,1H3,(H,37,38)(H,40,41). The van der Waals surface area contributed by atoms with E-state index in [0.29, 0.717) is 23.0 Å². The van der Waals surface area contributed by atoms with Crippen molar-refractivity contribution in [2.45, 2.75) is 63.6 Å². The maximum absolute atomic E-state index is 13.3. The lowest BCUT2D eigenvalue weighted by atomic mass is 10.0. The number of ether oxygens (including phenoxy) is 2. The van der Waals surface area contributed by atoms with Crippen molar-refractivity contribution >= 4 is 51.8 Å². The first-order valence-corrected chi connectivity index (χ1v) is 15.3. The van der Waals surface area contributed by atoms with E-state index in [4.69, 9.17) is 37.8 Å². The van der Waals surface area contributed by atoms with Gasteiger partial charge in [-0.3, -0.25) is 4.79 Å². The van der Waals surface area contributed by atoms with Gasteiger partial charge < -0.3 is 24.6 Å². The van der Waals surface area contributed by atoms with Gasteiger partial charge in [0.05, 0.1) is 10.0 Å². The van der Waals surface area contributed by atoms with Crippen molar-refractivity contribution in [1.82, 2.24) is 4.90 Å². The van der Waals surface area contributed by atoms with Gasteiger partial charge in [0.2, 0.25) is 0 Å². The molecule has 0 spiro atoms. The fourth-order valence-electron chi connectivity index (χ4n) is 4.83. The highest BCUT2D eigenvalue weighted by molar-refractivity contribution is 6.42. The lowest BCUT2D eigenvalue weighted by Crippen LogP contribution is -2.50. The second-order valence-corrected chi connectivity index (χ2v) is 11.4. The molecule has 232 valence electrons. The van der Waals surface area contributed by atoms with E-state index in [1.54, 1.807) is 13.1 Å². The van der Waals surface area contributed by atoms with Crippen LogP contribution >= 0.6 is 23.2 Å². The van der Waals surface area contributed by atoms with Gasteiger partial charge in [0.1, 0.15) is 6.61 Å². The number of carbonyl (C=O) groups excluding carboxylic acids is 1. The van der Waals surface area contributed by atoms with Crippen molar-refractivity contribution in [1.29, 1.82) is 0 Å². The third-order valence-corrected chi connectivity index (χ3v) is 7.93. The van der Waals surface area contributed by atoms with Crippen molar-refractivity contribution in [2.24, 2.45) is 0 Å². The Labute approximate surface area is 262 Å². The number of carboxylic acid groups (broad SMARTS) is 2. The van der Waals surface area contributed by atoms with Crippen LogP contribution in [0.4, 0.5) is 0 Å². The Kier molecular flexibility index (Phi) is 14.2. The normalized spacial score (nSPS) is 12.6. The molecule has 43 heavy (non-hydrogen) atoms. The minimum atomic E-state index is -1.74. The quantitative estimate of drug-likeness (QED) is 0.142. The van der Waals surface area contributed by atoms with E-state index in [2.05, 4.69) is 30.3 Å². The van der Waals surface area contributed by atoms with Gasteiger partial charge in [-0.2, -0.15) is 0 Å². The zero-order chi connectivity index (χ0) is 31.2. The van der Waals surface area contributed by atoms with Crippen molar-refractivity contribution in [3.63, 3.8) is 0 Å². The minimum absolute atomic E-state index is 0.123. The van der Waals surface area contributed by atoms with Crippen molar-refractivity contribution < 1.29 is 34.1 Å². The highest BCUT2D eigenvalue weighted by Gasteiger charge is 2.37. The van der Waals surface area contributed by atoms with Crippen molar-refractivity contribution in [2.75, 3.05) is 26.8 Å². The van der Waals surface area contributed by atoms with Crippen LogP contribution in [0.5, 0.6) is 0 Å². The number of unbranched alkanes of at least 4 members (excludes halogenated alkanes) is 4. The average Bonchev–Trinajstić information content (AvgIpc) is 2.98. The Morgan fingerprint density at radius 1 is 0.744 bits per heavy atom. The highest BCUT2D eigenvalue weighted by atomic mass is 35.5. The van der Waals surface area contributed by atoms with Gasteiger partial charge in [0, 0.05) is 20.2 Å². The Hall–Kier alpha value is -3.17. The van der Waals surface area contributed by atoms with Gasteiger partial charge in [-0.05, 0) is 72.6 Å². The van der Waals surface area contributed by atoms with E-state index < -0.39 is 36.7 Å². The average molecular weight is 633 g/mol. The molecule has 0 aliphatic carbocycles. The molecule has 10 heteroatoms. The summed E-state index contributed by atoms with van der Waals surface area (Å²) in [6, 6.07) is 20.2. The molecule has 0 aliphatic heterocycles. The molecule has 0 aliphatic rings. The second-order valence-electron chi connectivity index (χ2n) is 10.6. The lowest BCUT2D eigenvalue weighted by Gasteiger charge is -2.27. The molecule has 3 aromatic carbocycles. The molecule has 2 atom stereocenters. The zero-order valence-electron chi connectivity index (χ0n) is 24.3. The topological polar surface area (TPSA) is 113 Å². The lowest BCUT2D eigenvalue weighted by molar-refractivity contribution is -0.175. The van der Waals surface area contributed by atoms with Crippen molar-refractivity contribution in [3.8, 4) is 0 Å². The molecule has 0 aromatic heterocycles. The number of aliphatic carboxylic acids is 2. The third-order valence-electron chi connectivity index (χ3n) is 7.19. The number of hydrogen-bond donors (Lipinski definition) is 2. The molecule has 3 aromatic rings. The van der Waals surface area contributed by atoms with Gasteiger partial charge in [0.15, 0.2) is 12.2 Å². The maximum Gasteiger partial charge on any atom is 0.336 e. The van der Waals surface area contributed by atoms with Gasteiger partial charge >= 0.3 is 11.9 Å². The summed E-state index contributed by atoms with van der Waals surface area (Å²) in [5.74, 6) is -3.34. The van der Waals surface area contributed by atoms with E-state index in [0.717, 1.165) is 50.5 Å². The van der Waals surface area contributed by atoms with E-state index in [-0.39, 0.29) is 6.61 Å². The zero-order valence-corrected chi connectivity index (χ0v) is 25.9. The van der Waals surface area contributed by atoms with Crippen LogP contribution in [0.15, 0.2) is 60.7 Å². The predicted molar refractivity (Wildman–Crippen MR) is 168 cm³/mol. The van der Waals surface area contributed by atoms with E-state index in [9.17, 15) is 19.5 Å². The van der Waals surface area contributed by atoms with Crippen LogP contribution in [0.1, 0.15) is 49.7 Å². The van der Waals surface area contributed by atoms with E-state index in [1.807, 2.05) is 24.3 Å². The third kappa shape index (κ3) is 11.4. The predicted octanol–water partition coefficient (Wildman–Crippen LogP) is 6.67. The van der Waals surface area contributed by atoms with Gasteiger partial charge in [-0.15, -0.1) is 0 Å². The van der Waals surface area contributed by atoms with Crippen LogP contribution in [-0.2, 0) is 36.7 Å². The number of rotatable bonds is 19. The number of carboxylic acids is 2. The number of likely N-dealkylation sites (N-methyl/N-ethyl adjacent to an activating group) is 1. The van der Waals surface area contributed by atoms with Crippen molar-refractivity contribution in [3.05, 3.63) is 81.8 Å². The first kappa shape index (κ1) is 34.3. The molecular formula is C33H39Cl2NO7. The smallest absolute Gasteiger partial charge is 0.336 e. The summed E-state index contributed by atoms with van der Waals surface area (Å²) in [6.45, 7) is -0.324. The van der Waals surface area contributed by atoms with Crippen LogP contribution in [0, 0.1) is 0 Å². The number of benzene rings is 3. The number of amides is 1. The minimum Gasteiger partial charge on any atom is -0.480 e. The first-order chi connectivity index (χ1) is 20.7. The fourth-order valence-corrected chi connectivity index (χ4v) is 5.15. The maximum atomic E-state index is 13.3. The summed E-state index contributed by atoms with van der Waals surface area (Å²) >= 11 is 12.0. The molecule has 0 saturated heterocycles. The van der Waals surface area contributed by atoms with Crippen LogP contribution in [-0.4, -0.2) is 72.0 Å². The summed E-state index contributed by atoms with van der Waals surface area (Å²) in [5.41, 5.74) is 2.31. The summed E-state index contributed by atoms with van der Waals surface area (Å²) in [4.78, 5) is 37.7. The van der Waals surface area contributed by atoms with E-state index >= 15 is 0 Å². The Morgan fingerprint density at radius 2 is 1.40 bits per heavy atom. The Balaban J connectivity index is 1.48. The summed E-state index contributed by atoms with van der Waals surface area (Å²) in [5, 5.41) is 22.1. The molecule has 0 radical (unpaired) electrons. The second kappa shape index (κ2) is 17.8. The summed E-state index contributed by atoms with van der Waals surface area (Å²) in [7, 11) is 1.59. The molecule has 0 heterocycles. The Bertz CT molecular complexity index is 1370. The molecule has 8 nitrogen and oxygen atoms in total. The molecule has 0 bridgehead atoms. The van der Waals surface area contributed by atoms with Crippen LogP contribution in [0.25, 0.3) is 10.8 Å². The molecule has 3 rings (SSSR count). The van der Waals surface area contributed by atoms with Gasteiger partial charge in [-0.1, -0.05) is 84.6 Å². The SMILES string of the molecule is CN(CCCCCc1ccc2ccccc2c1)C(=O)C(OCCCCCc1ccc(Cl)c(Cl)c1)C(OCC(=O)O)C(=O)O. The molecule has 1 amide bonds. The monoisotopic (exact) mass is 631 g/mol. The molecule has 0 saturated carbocycles. The number of halogens is 2. The fraction of sp³-hybridized carbons (Fsp3) is 0.424. The summed E-state index contributed by atoms with van der Waals surface area (Å²) < 4.78 is 10.8. The summed E-state index contributed by atoms with van der Waals surface area (Å²) in [6.07, 6.45) is 3.23. The largest absolute Gasteiger partial charge is 0.480 e. The van der Waals surface area contributed by atoms with Gasteiger partial charge in [-0.25, -0.2) is 9.59 Å². The number of carbonyl (C=O) groups is 3. The molecular weight excluding hydrogens is 593 g/mol. The molecule has 2 unspecified atom stereocenters. The first-order valence-electron chi connectivity index (χ1n) is 14.5.